The Morgan fingerprint density at radius 3 is 2.52 bits per heavy atom. The molecule has 0 atom stereocenters. The van der Waals surface area contributed by atoms with Gasteiger partial charge < -0.3 is 19.5 Å². The second-order valence-corrected chi connectivity index (χ2v) is 6.16. The first-order chi connectivity index (χ1) is 12.6. The number of furan rings is 1. The van der Waals surface area contributed by atoms with E-state index in [1.54, 1.807) is 0 Å². The molecular formula is C20H31IN4O2. The fourth-order valence-electron chi connectivity index (χ4n) is 2.86. The van der Waals surface area contributed by atoms with Gasteiger partial charge in [-0.25, -0.2) is 0 Å². The number of benzene rings is 1. The van der Waals surface area contributed by atoms with Crippen LogP contribution >= 0.6 is 24.0 Å². The zero-order valence-corrected chi connectivity index (χ0v) is 19.0. The monoisotopic (exact) mass is 486 g/mol. The van der Waals surface area contributed by atoms with Crippen LogP contribution in [-0.4, -0.2) is 61.4 Å². The van der Waals surface area contributed by atoms with Gasteiger partial charge in [-0.3, -0.25) is 9.79 Å². The van der Waals surface area contributed by atoms with Crippen LogP contribution in [0.1, 0.15) is 26.5 Å². The number of nitrogens with one attached hydrogen (secondary N) is 1. The standard InChI is InChI=1S/C20H30N4O2.HI/c1-5-21-20(23(4)15-19(25)24(6-2)7-3)22-13-12-17-14-16-10-8-9-11-18(16)26-17;/h8-11,14H,5-7,12-13,15H2,1-4H3,(H,21,22);1H. The largest absolute Gasteiger partial charge is 0.461 e. The van der Waals surface area contributed by atoms with Crippen molar-refractivity contribution in [2.24, 2.45) is 4.99 Å². The van der Waals surface area contributed by atoms with Gasteiger partial charge in [-0.1, -0.05) is 18.2 Å². The van der Waals surface area contributed by atoms with E-state index >= 15 is 0 Å². The maximum absolute atomic E-state index is 12.3. The average Bonchev–Trinajstić information content (AvgIpc) is 3.04. The molecule has 150 valence electrons. The molecule has 0 unspecified atom stereocenters. The summed E-state index contributed by atoms with van der Waals surface area (Å²) in [4.78, 5) is 20.7. The molecule has 0 fully saturated rings. The third-order valence-electron chi connectivity index (χ3n) is 4.28. The molecule has 0 aliphatic heterocycles. The molecule has 7 heteroatoms. The van der Waals surface area contributed by atoms with Gasteiger partial charge in [-0.05, 0) is 32.9 Å². The summed E-state index contributed by atoms with van der Waals surface area (Å²) in [5.74, 6) is 1.78. The van der Waals surface area contributed by atoms with Crippen LogP contribution in [-0.2, 0) is 11.2 Å². The molecule has 1 heterocycles. The Balaban J connectivity index is 0.00000364. The van der Waals surface area contributed by atoms with E-state index in [9.17, 15) is 4.79 Å². The molecule has 0 saturated heterocycles. The highest BCUT2D eigenvalue weighted by Gasteiger charge is 2.15. The lowest BCUT2D eigenvalue weighted by molar-refractivity contribution is -0.131. The van der Waals surface area contributed by atoms with Crippen LogP contribution < -0.4 is 5.32 Å². The molecule has 1 N–H and O–H groups in total. The molecule has 0 aliphatic carbocycles. The number of aliphatic imine (C=N–C) groups is 1. The zero-order valence-electron chi connectivity index (χ0n) is 16.7. The summed E-state index contributed by atoms with van der Waals surface area (Å²) in [6.45, 7) is 9.14. The number of hydrogen-bond acceptors (Lipinski definition) is 3. The minimum atomic E-state index is 0. The van der Waals surface area contributed by atoms with Gasteiger partial charge in [-0.2, -0.15) is 0 Å². The molecule has 0 spiro atoms. The fourth-order valence-corrected chi connectivity index (χ4v) is 2.86. The summed E-state index contributed by atoms with van der Waals surface area (Å²) in [5, 5.41) is 4.36. The van der Waals surface area contributed by atoms with E-state index in [4.69, 9.17) is 4.42 Å². The molecular weight excluding hydrogens is 455 g/mol. The maximum atomic E-state index is 12.3. The van der Waals surface area contributed by atoms with E-state index in [1.807, 2.05) is 61.9 Å². The van der Waals surface area contributed by atoms with Gasteiger partial charge in [0.1, 0.15) is 11.3 Å². The van der Waals surface area contributed by atoms with E-state index in [1.165, 1.54) is 0 Å². The minimum Gasteiger partial charge on any atom is -0.461 e. The smallest absolute Gasteiger partial charge is 0.242 e. The van der Waals surface area contributed by atoms with Crippen molar-refractivity contribution >= 4 is 46.8 Å². The first-order valence-electron chi connectivity index (χ1n) is 9.33. The molecule has 1 aromatic heterocycles. The highest BCUT2D eigenvalue weighted by atomic mass is 127. The zero-order chi connectivity index (χ0) is 18.9. The molecule has 2 rings (SSSR count). The van der Waals surface area contributed by atoms with Crippen molar-refractivity contribution in [3.05, 3.63) is 36.1 Å². The van der Waals surface area contributed by atoms with E-state index in [0.29, 0.717) is 13.1 Å². The SMILES string of the molecule is CCNC(=NCCc1cc2ccccc2o1)N(C)CC(=O)N(CC)CC.I. The number of amides is 1. The van der Waals surface area contributed by atoms with Crippen molar-refractivity contribution in [3.63, 3.8) is 0 Å². The Bertz CT molecular complexity index is 707. The molecule has 0 bridgehead atoms. The molecule has 1 aromatic carbocycles. The first-order valence-corrected chi connectivity index (χ1v) is 9.33. The number of likely N-dealkylation sites (N-methyl/N-ethyl adjacent to an activating group) is 2. The molecule has 1 amide bonds. The van der Waals surface area contributed by atoms with Crippen molar-refractivity contribution in [1.82, 2.24) is 15.1 Å². The van der Waals surface area contributed by atoms with Crippen molar-refractivity contribution in [3.8, 4) is 0 Å². The lowest BCUT2D eigenvalue weighted by Gasteiger charge is -2.25. The summed E-state index contributed by atoms with van der Waals surface area (Å²) in [5.41, 5.74) is 0.903. The van der Waals surface area contributed by atoms with E-state index in [2.05, 4.69) is 16.4 Å². The molecule has 0 aliphatic rings. The number of fused-ring (bicyclic) bond motifs is 1. The molecule has 0 radical (unpaired) electrons. The van der Waals surface area contributed by atoms with Crippen LogP contribution in [0, 0.1) is 0 Å². The van der Waals surface area contributed by atoms with Gasteiger partial charge in [0.25, 0.3) is 0 Å². The second kappa shape index (κ2) is 11.8. The predicted molar refractivity (Wildman–Crippen MR) is 122 cm³/mol. The van der Waals surface area contributed by atoms with Gasteiger partial charge in [0, 0.05) is 45.0 Å². The Kier molecular flexibility index (Phi) is 10.2. The minimum absolute atomic E-state index is 0. The molecule has 2 aromatic rings. The molecule has 27 heavy (non-hydrogen) atoms. The number of nitrogens with zero attached hydrogens (tertiary/aromatic N) is 3. The van der Waals surface area contributed by atoms with Crippen molar-refractivity contribution in [2.45, 2.75) is 27.2 Å². The van der Waals surface area contributed by atoms with Gasteiger partial charge >= 0.3 is 0 Å². The average molecular weight is 486 g/mol. The summed E-state index contributed by atoms with van der Waals surface area (Å²) < 4.78 is 5.83. The molecule has 6 nitrogen and oxygen atoms in total. The van der Waals surface area contributed by atoms with E-state index in [-0.39, 0.29) is 29.9 Å². The van der Waals surface area contributed by atoms with Crippen molar-refractivity contribution in [2.75, 3.05) is 39.8 Å². The Hall–Kier alpha value is -1.77. The Labute approximate surface area is 179 Å². The Morgan fingerprint density at radius 2 is 1.89 bits per heavy atom. The summed E-state index contributed by atoms with van der Waals surface area (Å²) in [6.07, 6.45) is 0.724. The topological polar surface area (TPSA) is 61.1 Å². The van der Waals surface area contributed by atoms with Crippen LogP contribution in [0.4, 0.5) is 0 Å². The van der Waals surface area contributed by atoms with Gasteiger partial charge in [0.05, 0.1) is 6.54 Å². The third-order valence-corrected chi connectivity index (χ3v) is 4.28. The summed E-state index contributed by atoms with van der Waals surface area (Å²) in [7, 11) is 1.89. The number of rotatable bonds is 8. The van der Waals surface area contributed by atoms with Crippen LogP contribution in [0.5, 0.6) is 0 Å². The van der Waals surface area contributed by atoms with Crippen LogP contribution in [0.15, 0.2) is 39.7 Å². The summed E-state index contributed by atoms with van der Waals surface area (Å²) in [6, 6.07) is 10.1. The number of hydrogen-bond donors (Lipinski definition) is 1. The second-order valence-electron chi connectivity index (χ2n) is 6.16. The maximum Gasteiger partial charge on any atom is 0.242 e. The predicted octanol–water partition coefficient (Wildman–Crippen LogP) is 3.36. The highest BCUT2D eigenvalue weighted by molar-refractivity contribution is 14.0. The van der Waals surface area contributed by atoms with Crippen molar-refractivity contribution in [1.29, 1.82) is 0 Å². The van der Waals surface area contributed by atoms with Crippen LogP contribution in [0.25, 0.3) is 11.0 Å². The van der Waals surface area contributed by atoms with E-state index in [0.717, 1.165) is 48.7 Å². The first kappa shape index (κ1) is 23.3. The van der Waals surface area contributed by atoms with E-state index < -0.39 is 0 Å². The number of para-hydroxylation sites is 1. The van der Waals surface area contributed by atoms with Crippen LogP contribution in [0.2, 0.25) is 0 Å². The van der Waals surface area contributed by atoms with Crippen LogP contribution in [0.3, 0.4) is 0 Å². The lowest BCUT2D eigenvalue weighted by atomic mass is 10.2. The summed E-state index contributed by atoms with van der Waals surface area (Å²) >= 11 is 0. The normalized spacial score (nSPS) is 11.2. The third kappa shape index (κ3) is 6.71. The number of carbonyl (C=O) groups excluding carboxylic acids is 1. The highest BCUT2D eigenvalue weighted by Crippen LogP contribution is 2.19. The lowest BCUT2D eigenvalue weighted by Crippen LogP contribution is -2.45. The van der Waals surface area contributed by atoms with Gasteiger partial charge in [0.15, 0.2) is 5.96 Å². The number of guanidine groups is 1. The quantitative estimate of drug-likeness (QED) is 0.353. The van der Waals surface area contributed by atoms with Gasteiger partial charge in [0.2, 0.25) is 5.91 Å². The number of halogens is 1. The fraction of sp³-hybridized carbons (Fsp3) is 0.500. The van der Waals surface area contributed by atoms with Crippen molar-refractivity contribution < 1.29 is 9.21 Å². The molecule has 0 saturated carbocycles. The number of carbonyl (C=O) groups is 1. The Morgan fingerprint density at radius 1 is 1.19 bits per heavy atom. The van der Waals surface area contributed by atoms with Gasteiger partial charge in [-0.15, -0.1) is 24.0 Å².